The van der Waals surface area contributed by atoms with Gasteiger partial charge in [-0.3, -0.25) is 9.69 Å². The molecule has 20 heavy (non-hydrogen) atoms. The van der Waals surface area contributed by atoms with Crippen LogP contribution in [0.3, 0.4) is 0 Å². The van der Waals surface area contributed by atoms with E-state index < -0.39 is 5.97 Å². The van der Waals surface area contributed by atoms with E-state index >= 15 is 0 Å². The first-order chi connectivity index (χ1) is 9.08. The van der Waals surface area contributed by atoms with Crippen LogP contribution in [0.15, 0.2) is 24.3 Å². The fraction of sp³-hybridized carbons (Fsp3) is 0.533. The Bertz CT molecular complexity index is 508. The number of aliphatic carboxylic acids is 1. The van der Waals surface area contributed by atoms with Crippen LogP contribution in [0.5, 0.6) is 5.75 Å². The normalized spacial score (nSPS) is 32.6. The first-order valence-electron chi connectivity index (χ1n) is 6.81. The Morgan fingerprint density at radius 2 is 2.10 bits per heavy atom. The largest absolute Gasteiger partial charge is 0.508 e. The second-order valence-corrected chi connectivity index (χ2v) is 5.77. The van der Waals surface area contributed by atoms with Gasteiger partial charge in [0.2, 0.25) is 0 Å². The van der Waals surface area contributed by atoms with Crippen LogP contribution in [0.1, 0.15) is 30.7 Å². The Hall–Kier alpha value is -1.26. The van der Waals surface area contributed by atoms with E-state index in [2.05, 4.69) is 11.9 Å². The van der Waals surface area contributed by atoms with Gasteiger partial charge in [0, 0.05) is 18.0 Å². The van der Waals surface area contributed by atoms with Crippen LogP contribution in [0.2, 0.25) is 0 Å². The van der Waals surface area contributed by atoms with Gasteiger partial charge in [-0.2, -0.15) is 0 Å². The highest BCUT2D eigenvalue weighted by atomic mass is 35.5. The summed E-state index contributed by atoms with van der Waals surface area (Å²) >= 11 is 0. The van der Waals surface area contributed by atoms with Crippen LogP contribution in [0.25, 0.3) is 0 Å². The fourth-order valence-electron chi connectivity index (χ4n) is 3.91. The molecule has 3 rings (SSSR count). The third kappa shape index (κ3) is 2.38. The molecule has 0 spiro atoms. The zero-order valence-corrected chi connectivity index (χ0v) is 12.2. The Morgan fingerprint density at radius 3 is 2.75 bits per heavy atom. The van der Waals surface area contributed by atoms with Gasteiger partial charge >= 0.3 is 5.97 Å². The van der Waals surface area contributed by atoms with Gasteiger partial charge in [0.1, 0.15) is 5.75 Å². The SMILES string of the molecule is CN1[C@H]2CC[C@@H]1[C@@H](c1cccc(O)c1)[C@@H](C(=O)O)C2.Cl. The monoisotopic (exact) mass is 297 g/mol. The number of hydrogen-bond acceptors (Lipinski definition) is 3. The lowest BCUT2D eigenvalue weighted by Gasteiger charge is -2.41. The van der Waals surface area contributed by atoms with E-state index in [-0.39, 0.29) is 36.0 Å². The molecule has 0 radical (unpaired) electrons. The van der Waals surface area contributed by atoms with Gasteiger partial charge in [0.15, 0.2) is 0 Å². The van der Waals surface area contributed by atoms with Crippen LogP contribution >= 0.6 is 12.4 Å². The summed E-state index contributed by atoms with van der Waals surface area (Å²) in [7, 11) is 2.09. The molecule has 2 fully saturated rings. The van der Waals surface area contributed by atoms with Gasteiger partial charge in [-0.15, -0.1) is 12.4 Å². The summed E-state index contributed by atoms with van der Waals surface area (Å²) in [5.74, 6) is -0.855. The molecule has 2 heterocycles. The maximum absolute atomic E-state index is 11.6. The molecule has 2 N–H and O–H groups in total. The molecule has 0 aromatic heterocycles. The Morgan fingerprint density at radius 1 is 1.35 bits per heavy atom. The smallest absolute Gasteiger partial charge is 0.307 e. The summed E-state index contributed by atoms with van der Waals surface area (Å²) in [5.41, 5.74) is 0.949. The highest BCUT2D eigenvalue weighted by molar-refractivity contribution is 5.85. The first-order valence-corrected chi connectivity index (χ1v) is 6.81. The topological polar surface area (TPSA) is 60.8 Å². The lowest BCUT2D eigenvalue weighted by Crippen LogP contribution is -2.47. The van der Waals surface area contributed by atoms with E-state index in [0.29, 0.717) is 12.5 Å². The number of phenolic OH excluding ortho intramolecular Hbond substituents is 1. The number of aromatic hydroxyl groups is 1. The van der Waals surface area contributed by atoms with Crippen molar-refractivity contribution < 1.29 is 15.0 Å². The number of nitrogens with zero attached hydrogens (tertiary/aromatic N) is 1. The molecule has 0 aliphatic carbocycles. The minimum absolute atomic E-state index is 0. The van der Waals surface area contributed by atoms with Gasteiger partial charge in [0.25, 0.3) is 0 Å². The van der Waals surface area contributed by atoms with Gasteiger partial charge < -0.3 is 10.2 Å². The maximum atomic E-state index is 11.6. The minimum Gasteiger partial charge on any atom is -0.508 e. The van der Waals surface area contributed by atoms with Gasteiger partial charge in [0.05, 0.1) is 5.92 Å². The predicted octanol–water partition coefficient (Wildman–Crippen LogP) is 2.46. The molecule has 0 unspecified atom stereocenters. The molecular formula is C15H20ClNO3. The molecule has 2 saturated heterocycles. The lowest BCUT2D eigenvalue weighted by molar-refractivity contribution is -0.145. The zero-order chi connectivity index (χ0) is 13.6. The third-order valence-corrected chi connectivity index (χ3v) is 4.84. The third-order valence-electron chi connectivity index (χ3n) is 4.84. The standard InChI is InChI=1S/C15H19NO3.ClH/c1-16-10-5-6-13(16)14(12(8-10)15(18)19)9-3-2-4-11(17)7-9;/h2-4,7,10,12-14,17H,5-6,8H2,1H3,(H,18,19);1H/t10-,12-,13+,14-;/m0./s1. The van der Waals surface area contributed by atoms with E-state index in [1.165, 1.54) is 0 Å². The van der Waals surface area contributed by atoms with Crippen molar-refractivity contribution in [1.82, 2.24) is 4.90 Å². The highest BCUT2D eigenvalue weighted by Crippen LogP contribution is 2.47. The zero-order valence-electron chi connectivity index (χ0n) is 11.4. The molecule has 2 aliphatic heterocycles. The summed E-state index contributed by atoms with van der Waals surface area (Å²) in [5, 5.41) is 19.2. The number of halogens is 1. The van der Waals surface area contributed by atoms with Crippen molar-refractivity contribution in [3.63, 3.8) is 0 Å². The first kappa shape index (κ1) is 15.1. The van der Waals surface area contributed by atoms with Crippen LogP contribution in [-0.4, -0.2) is 40.2 Å². The molecule has 0 saturated carbocycles. The van der Waals surface area contributed by atoms with Gasteiger partial charge in [-0.05, 0) is 44.0 Å². The van der Waals surface area contributed by atoms with Crippen LogP contribution in [0, 0.1) is 5.92 Å². The number of piperidine rings is 1. The number of carbonyl (C=O) groups is 1. The fourth-order valence-corrected chi connectivity index (χ4v) is 3.91. The predicted molar refractivity (Wildman–Crippen MR) is 78.4 cm³/mol. The molecule has 2 aliphatic rings. The van der Waals surface area contributed by atoms with E-state index in [1.807, 2.05) is 6.07 Å². The molecule has 2 bridgehead atoms. The van der Waals surface area contributed by atoms with E-state index in [9.17, 15) is 15.0 Å². The second-order valence-electron chi connectivity index (χ2n) is 5.77. The number of hydrogen-bond donors (Lipinski definition) is 2. The van der Waals surface area contributed by atoms with E-state index in [0.717, 1.165) is 18.4 Å². The van der Waals surface area contributed by atoms with Crippen molar-refractivity contribution >= 4 is 18.4 Å². The van der Waals surface area contributed by atoms with Crippen molar-refractivity contribution in [3.05, 3.63) is 29.8 Å². The summed E-state index contributed by atoms with van der Waals surface area (Å²) in [6.07, 6.45) is 2.84. The molecule has 110 valence electrons. The van der Waals surface area contributed by atoms with Gasteiger partial charge in [-0.25, -0.2) is 0 Å². The average Bonchev–Trinajstić information content (AvgIpc) is 2.62. The van der Waals surface area contributed by atoms with Crippen molar-refractivity contribution in [2.24, 2.45) is 5.92 Å². The molecule has 4 atom stereocenters. The number of phenols is 1. The van der Waals surface area contributed by atoms with Crippen molar-refractivity contribution in [2.75, 3.05) is 7.05 Å². The number of rotatable bonds is 2. The number of carboxylic acid groups (broad SMARTS) is 1. The lowest BCUT2D eigenvalue weighted by atomic mass is 9.76. The molecular weight excluding hydrogens is 278 g/mol. The summed E-state index contributed by atoms with van der Waals surface area (Å²) < 4.78 is 0. The molecule has 0 amide bonds. The molecule has 1 aromatic rings. The minimum atomic E-state index is -0.710. The van der Waals surface area contributed by atoms with Crippen molar-refractivity contribution in [3.8, 4) is 5.75 Å². The van der Waals surface area contributed by atoms with Crippen molar-refractivity contribution in [1.29, 1.82) is 0 Å². The maximum Gasteiger partial charge on any atom is 0.307 e. The molecule has 5 heteroatoms. The number of fused-ring (bicyclic) bond motifs is 2. The van der Waals surface area contributed by atoms with Crippen LogP contribution < -0.4 is 0 Å². The van der Waals surface area contributed by atoms with Gasteiger partial charge in [-0.1, -0.05) is 12.1 Å². The summed E-state index contributed by atoms with van der Waals surface area (Å²) in [4.78, 5) is 13.9. The highest BCUT2D eigenvalue weighted by Gasteiger charge is 2.48. The van der Waals surface area contributed by atoms with Crippen molar-refractivity contribution in [2.45, 2.75) is 37.3 Å². The van der Waals surface area contributed by atoms with Crippen LogP contribution in [0.4, 0.5) is 0 Å². The molecule has 4 nitrogen and oxygen atoms in total. The molecule has 1 aromatic carbocycles. The van der Waals surface area contributed by atoms with Crippen LogP contribution in [-0.2, 0) is 4.79 Å². The average molecular weight is 298 g/mol. The van der Waals surface area contributed by atoms with E-state index in [4.69, 9.17) is 0 Å². The Kier molecular flexibility index (Phi) is 4.25. The number of benzene rings is 1. The summed E-state index contributed by atoms with van der Waals surface area (Å²) in [6, 6.07) is 7.76. The quantitative estimate of drug-likeness (QED) is 0.880. The Balaban J connectivity index is 0.00000147. The number of likely N-dealkylation sites (N-methyl/N-ethyl adjacent to an activating group) is 1. The summed E-state index contributed by atoms with van der Waals surface area (Å²) in [6.45, 7) is 0. The Labute approximate surface area is 124 Å². The number of carboxylic acids is 1. The second kappa shape index (κ2) is 5.62. The van der Waals surface area contributed by atoms with E-state index in [1.54, 1.807) is 18.2 Å².